The van der Waals surface area contributed by atoms with E-state index in [9.17, 15) is 4.79 Å². The summed E-state index contributed by atoms with van der Waals surface area (Å²) in [6, 6.07) is 7.04. The van der Waals surface area contributed by atoms with E-state index in [0.717, 1.165) is 18.5 Å². The van der Waals surface area contributed by atoms with Gasteiger partial charge in [0.1, 0.15) is 6.10 Å². The molecule has 8 heteroatoms. The highest BCUT2D eigenvalue weighted by Crippen LogP contribution is 2.40. The van der Waals surface area contributed by atoms with Gasteiger partial charge in [-0.25, -0.2) is 0 Å². The number of nitrogens with zero attached hydrogens (tertiary/aromatic N) is 3. The number of rotatable bonds is 6. The molecule has 2 aromatic rings. The summed E-state index contributed by atoms with van der Waals surface area (Å²) in [5.41, 5.74) is 1.25. The number of piperidine rings is 1. The minimum atomic E-state index is -0.138. The number of carbonyl (C=O) groups excluding carboxylic acids is 1. The largest absolute Gasteiger partial charge is 0.493 e. The average Bonchev–Trinajstić information content (AvgIpc) is 2.73. The summed E-state index contributed by atoms with van der Waals surface area (Å²) in [6.07, 6.45) is 1.55. The highest BCUT2D eigenvalue weighted by atomic mass is 16.5. The molecule has 0 aliphatic carbocycles. The highest BCUT2D eigenvalue weighted by Gasteiger charge is 2.29. The van der Waals surface area contributed by atoms with Gasteiger partial charge in [-0.2, -0.15) is 5.10 Å². The van der Waals surface area contributed by atoms with Gasteiger partial charge in [0.2, 0.25) is 11.6 Å². The number of hydrogen-bond donors (Lipinski definition) is 0. The number of amides is 1. The third-order valence-corrected chi connectivity index (χ3v) is 4.66. The fraction of sp³-hybridized carbons (Fsp3) is 0.450. The Labute approximate surface area is 164 Å². The SMILES string of the molecule is COc1ccc(C(=O)N2CCCC(Oc3ccc(C)nn3)C2)c(OC)c1OC. The third kappa shape index (κ3) is 4.11. The quantitative estimate of drug-likeness (QED) is 0.753. The number of hydrogen-bond acceptors (Lipinski definition) is 7. The number of aryl methyl sites for hydroxylation is 1. The Balaban J connectivity index is 1.77. The van der Waals surface area contributed by atoms with Crippen LogP contribution in [0.4, 0.5) is 0 Å². The molecular formula is C20H25N3O5. The molecule has 1 fully saturated rings. The van der Waals surface area contributed by atoms with Crippen molar-refractivity contribution >= 4 is 5.91 Å². The van der Waals surface area contributed by atoms with Crippen LogP contribution in [0, 0.1) is 6.92 Å². The first-order valence-corrected chi connectivity index (χ1v) is 9.12. The van der Waals surface area contributed by atoms with Gasteiger partial charge in [0, 0.05) is 12.6 Å². The minimum Gasteiger partial charge on any atom is -0.493 e. The Kier molecular flexibility index (Phi) is 6.18. The van der Waals surface area contributed by atoms with Gasteiger partial charge in [-0.3, -0.25) is 4.79 Å². The predicted octanol–water partition coefficient (Wildman–Crippen LogP) is 2.49. The minimum absolute atomic E-state index is 0.138. The topological polar surface area (TPSA) is 83.0 Å². The van der Waals surface area contributed by atoms with E-state index in [4.69, 9.17) is 18.9 Å². The van der Waals surface area contributed by atoms with Crippen LogP contribution >= 0.6 is 0 Å². The summed E-state index contributed by atoms with van der Waals surface area (Å²) in [5.74, 6) is 1.60. The summed E-state index contributed by atoms with van der Waals surface area (Å²) < 4.78 is 22.0. The zero-order valence-electron chi connectivity index (χ0n) is 16.6. The molecule has 1 atom stereocenters. The van der Waals surface area contributed by atoms with Crippen LogP contribution in [0.3, 0.4) is 0 Å². The number of likely N-dealkylation sites (tertiary alicyclic amines) is 1. The maximum atomic E-state index is 13.2. The lowest BCUT2D eigenvalue weighted by Crippen LogP contribution is -2.44. The van der Waals surface area contributed by atoms with E-state index in [1.54, 1.807) is 30.2 Å². The van der Waals surface area contributed by atoms with Gasteiger partial charge >= 0.3 is 0 Å². The summed E-state index contributed by atoms with van der Waals surface area (Å²) in [6.45, 7) is 2.98. The van der Waals surface area contributed by atoms with E-state index in [0.29, 0.717) is 41.8 Å². The first-order valence-electron chi connectivity index (χ1n) is 9.12. The lowest BCUT2D eigenvalue weighted by atomic mass is 10.1. The number of benzene rings is 1. The fourth-order valence-corrected chi connectivity index (χ4v) is 3.28. The molecule has 1 aromatic heterocycles. The lowest BCUT2D eigenvalue weighted by Gasteiger charge is -2.33. The highest BCUT2D eigenvalue weighted by molar-refractivity contribution is 5.98. The van der Waals surface area contributed by atoms with Crippen molar-refractivity contribution in [1.82, 2.24) is 15.1 Å². The average molecular weight is 387 g/mol. The van der Waals surface area contributed by atoms with E-state index < -0.39 is 0 Å². The maximum Gasteiger partial charge on any atom is 0.257 e. The van der Waals surface area contributed by atoms with E-state index in [1.165, 1.54) is 14.2 Å². The monoisotopic (exact) mass is 387 g/mol. The van der Waals surface area contributed by atoms with Crippen LogP contribution in [0.5, 0.6) is 23.1 Å². The van der Waals surface area contributed by atoms with Gasteiger partial charge in [0.15, 0.2) is 11.5 Å². The van der Waals surface area contributed by atoms with Gasteiger partial charge in [0.05, 0.1) is 39.1 Å². The molecule has 0 spiro atoms. The Morgan fingerprint density at radius 2 is 1.82 bits per heavy atom. The number of carbonyl (C=O) groups is 1. The Morgan fingerprint density at radius 3 is 2.46 bits per heavy atom. The molecule has 1 saturated heterocycles. The van der Waals surface area contributed by atoms with Gasteiger partial charge < -0.3 is 23.8 Å². The molecule has 28 heavy (non-hydrogen) atoms. The van der Waals surface area contributed by atoms with Crippen molar-refractivity contribution in [3.8, 4) is 23.1 Å². The molecular weight excluding hydrogens is 362 g/mol. The molecule has 1 aliphatic rings. The zero-order chi connectivity index (χ0) is 20.1. The molecule has 150 valence electrons. The van der Waals surface area contributed by atoms with Crippen molar-refractivity contribution in [3.05, 3.63) is 35.5 Å². The maximum absolute atomic E-state index is 13.2. The molecule has 2 heterocycles. The third-order valence-electron chi connectivity index (χ3n) is 4.66. The molecule has 1 aliphatic heterocycles. The molecule has 0 saturated carbocycles. The van der Waals surface area contributed by atoms with Crippen LogP contribution in [0.1, 0.15) is 28.9 Å². The van der Waals surface area contributed by atoms with Crippen LogP contribution in [0.2, 0.25) is 0 Å². The van der Waals surface area contributed by atoms with E-state index in [-0.39, 0.29) is 12.0 Å². The number of ether oxygens (including phenoxy) is 4. The fourth-order valence-electron chi connectivity index (χ4n) is 3.28. The summed E-state index contributed by atoms with van der Waals surface area (Å²) in [7, 11) is 4.56. The Bertz CT molecular complexity index is 825. The van der Waals surface area contributed by atoms with Crippen LogP contribution in [0.25, 0.3) is 0 Å². The van der Waals surface area contributed by atoms with E-state index in [2.05, 4.69) is 10.2 Å². The Morgan fingerprint density at radius 1 is 1.04 bits per heavy atom. The molecule has 8 nitrogen and oxygen atoms in total. The van der Waals surface area contributed by atoms with Gasteiger partial charge in [-0.1, -0.05) is 0 Å². The first kappa shape index (κ1) is 19.7. The zero-order valence-corrected chi connectivity index (χ0v) is 16.6. The molecule has 0 bridgehead atoms. The van der Waals surface area contributed by atoms with E-state index >= 15 is 0 Å². The Hall–Kier alpha value is -3.03. The van der Waals surface area contributed by atoms with Crippen molar-refractivity contribution in [3.63, 3.8) is 0 Å². The van der Waals surface area contributed by atoms with Gasteiger partial charge in [0.25, 0.3) is 5.91 Å². The standard InChI is InChI=1S/C20H25N3O5/c1-13-7-10-17(22-21-13)28-14-6-5-11-23(12-14)20(24)15-8-9-16(25-2)19(27-4)18(15)26-3/h7-10,14H,5-6,11-12H2,1-4H3. The second kappa shape index (κ2) is 8.77. The molecule has 0 radical (unpaired) electrons. The first-order chi connectivity index (χ1) is 13.6. The van der Waals surface area contributed by atoms with Crippen LogP contribution in [-0.4, -0.2) is 61.5 Å². The van der Waals surface area contributed by atoms with Crippen LogP contribution < -0.4 is 18.9 Å². The van der Waals surface area contributed by atoms with E-state index in [1.807, 2.05) is 13.0 Å². The molecule has 1 amide bonds. The molecule has 0 N–H and O–H groups in total. The van der Waals surface area contributed by atoms with Crippen molar-refractivity contribution in [1.29, 1.82) is 0 Å². The second-order valence-corrected chi connectivity index (χ2v) is 6.53. The number of methoxy groups -OCH3 is 3. The predicted molar refractivity (Wildman–Crippen MR) is 102 cm³/mol. The van der Waals surface area contributed by atoms with Gasteiger partial charge in [-0.05, 0) is 38.0 Å². The summed E-state index contributed by atoms with van der Waals surface area (Å²) >= 11 is 0. The molecule has 3 rings (SSSR count). The van der Waals surface area contributed by atoms with Crippen molar-refractivity contribution in [2.75, 3.05) is 34.4 Å². The molecule has 1 unspecified atom stereocenters. The second-order valence-electron chi connectivity index (χ2n) is 6.53. The van der Waals surface area contributed by atoms with Crippen molar-refractivity contribution < 1.29 is 23.7 Å². The van der Waals surface area contributed by atoms with Gasteiger partial charge in [-0.15, -0.1) is 5.10 Å². The van der Waals surface area contributed by atoms with Crippen LogP contribution in [0.15, 0.2) is 24.3 Å². The normalized spacial score (nSPS) is 16.4. The van der Waals surface area contributed by atoms with Crippen molar-refractivity contribution in [2.24, 2.45) is 0 Å². The molecule has 1 aromatic carbocycles. The van der Waals surface area contributed by atoms with Crippen molar-refractivity contribution in [2.45, 2.75) is 25.9 Å². The summed E-state index contributed by atoms with van der Waals surface area (Å²) in [4.78, 5) is 14.9. The van der Waals surface area contributed by atoms with Crippen LogP contribution in [-0.2, 0) is 0 Å². The number of aromatic nitrogens is 2. The smallest absolute Gasteiger partial charge is 0.257 e. The lowest BCUT2D eigenvalue weighted by molar-refractivity contribution is 0.0522. The summed E-state index contributed by atoms with van der Waals surface area (Å²) in [5, 5.41) is 8.05.